The normalized spacial score (nSPS) is 26.8. The lowest BCUT2D eigenvalue weighted by atomic mass is 9.43. The number of hydrogen-bond donors (Lipinski definition) is 3. The molecule has 0 unspecified atom stereocenters. The van der Waals surface area contributed by atoms with E-state index in [1.165, 1.54) is 6.42 Å². The third-order valence-electron chi connectivity index (χ3n) is 11.7. The van der Waals surface area contributed by atoms with E-state index in [0.29, 0.717) is 41.2 Å². The first-order chi connectivity index (χ1) is 23.1. The highest BCUT2D eigenvalue weighted by molar-refractivity contribution is 6.48. The van der Waals surface area contributed by atoms with Crippen LogP contribution in [0.1, 0.15) is 80.8 Å². The van der Waals surface area contributed by atoms with Gasteiger partial charge in [-0.15, -0.1) is 0 Å². The molecule has 2 heterocycles. The molecule has 1 aliphatic heterocycles. The molecule has 2 bridgehead atoms. The summed E-state index contributed by atoms with van der Waals surface area (Å²) in [6, 6.07) is 19.1. The van der Waals surface area contributed by atoms with Crippen molar-refractivity contribution >= 4 is 30.4 Å². The zero-order chi connectivity index (χ0) is 33.5. The Balaban J connectivity index is 1.11. The predicted octanol–water partition coefficient (Wildman–Crippen LogP) is 6.58. The molecule has 10 heteroatoms. The monoisotopic (exact) mass is 652 g/mol. The van der Waals surface area contributed by atoms with Crippen LogP contribution in [-0.4, -0.2) is 47.6 Å². The molecule has 5 fully saturated rings. The molecule has 2 aromatic carbocycles. The Hall–Kier alpha value is -3.76. The van der Waals surface area contributed by atoms with Crippen molar-refractivity contribution < 1.29 is 23.3 Å². The molecule has 3 aromatic rings. The second kappa shape index (κ2) is 13.3. The Labute approximate surface area is 283 Å². The molecular weight excluding hydrogens is 606 g/mol. The van der Waals surface area contributed by atoms with Crippen molar-refractivity contribution in [3.63, 3.8) is 0 Å². The first-order valence-electron chi connectivity index (χ1n) is 17.5. The van der Waals surface area contributed by atoms with Gasteiger partial charge in [0.05, 0.1) is 23.2 Å². The lowest BCUT2D eigenvalue weighted by Crippen LogP contribution is -2.65. The van der Waals surface area contributed by atoms with Crippen LogP contribution in [0.15, 0.2) is 72.9 Å². The summed E-state index contributed by atoms with van der Waals surface area (Å²) < 4.78 is 26.8. The number of halogens is 1. The molecule has 8 rings (SSSR count). The van der Waals surface area contributed by atoms with Crippen LogP contribution in [0.4, 0.5) is 15.9 Å². The van der Waals surface area contributed by atoms with Crippen molar-refractivity contribution in [2.24, 2.45) is 23.2 Å². The van der Waals surface area contributed by atoms with E-state index in [-0.39, 0.29) is 34.5 Å². The Morgan fingerprint density at radius 1 is 1.00 bits per heavy atom. The van der Waals surface area contributed by atoms with E-state index in [2.05, 4.69) is 41.7 Å². The number of nitrogens with zero attached hydrogens (tertiary/aromatic N) is 1. The second-order valence-electron chi connectivity index (χ2n) is 15.1. The molecule has 1 aromatic heterocycles. The molecule has 48 heavy (non-hydrogen) atoms. The summed E-state index contributed by atoms with van der Waals surface area (Å²) in [4.78, 5) is 32.6. The highest BCUT2D eigenvalue weighted by Gasteiger charge is 2.68. The average Bonchev–Trinajstić information content (AvgIpc) is 3.43. The van der Waals surface area contributed by atoms with E-state index < -0.39 is 25.7 Å². The molecule has 4 saturated carbocycles. The van der Waals surface area contributed by atoms with E-state index in [1.54, 1.807) is 42.6 Å². The van der Waals surface area contributed by atoms with Gasteiger partial charge in [0.15, 0.2) is 0 Å². The van der Waals surface area contributed by atoms with Gasteiger partial charge in [-0.3, -0.25) is 9.59 Å². The van der Waals surface area contributed by atoms with Crippen molar-refractivity contribution in [2.75, 3.05) is 5.32 Å². The summed E-state index contributed by atoms with van der Waals surface area (Å²) in [6.07, 6.45) is 8.28. The van der Waals surface area contributed by atoms with Gasteiger partial charge in [-0.05, 0) is 84.7 Å². The number of rotatable bonds is 12. The lowest BCUT2D eigenvalue weighted by Gasteiger charge is -2.64. The van der Waals surface area contributed by atoms with Gasteiger partial charge in [0, 0.05) is 18.3 Å². The number of aromatic nitrogens is 1. The van der Waals surface area contributed by atoms with Crippen molar-refractivity contribution in [2.45, 2.75) is 96.1 Å². The van der Waals surface area contributed by atoms with Crippen LogP contribution < -0.4 is 16.0 Å². The quantitative estimate of drug-likeness (QED) is 0.191. The average molecular weight is 653 g/mol. The highest BCUT2D eigenvalue weighted by atomic mass is 19.1. The fourth-order valence-corrected chi connectivity index (χ4v) is 8.53. The zero-order valence-corrected chi connectivity index (χ0v) is 28.1. The van der Waals surface area contributed by atoms with Crippen molar-refractivity contribution in [1.29, 1.82) is 0 Å². The molecule has 0 radical (unpaired) electrons. The maximum absolute atomic E-state index is 14.3. The minimum absolute atomic E-state index is 0.0157. The van der Waals surface area contributed by atoms with Crippen molar-refractivity contribution in [3.05, 3.63) is 89.6 Å². The third kappa shape index (κ3) is 6.37. The first kappa shape index (κ1) is 32.8. The van der Waals surface area contributed by atoms with Gasteiger partial charge < -0.3 is 25.3 Å². The Morgan fingerprint density at radius 2 is 1.79 bits per heavy atom. The molecule has 3 N–H and O–H groups in total. The number of pyridine rings is 1. The van der Waals surface area contributed by atoms with E-state index in [9.17, 15) is 14.0 Å². The summed E-state index contributed by atoms with van der Waals surface area (Å²) in [5, 5.41) is 9.48. The molecular formula is C38H46BFN4O4. The van der Waals surface area contributed by atoms with Gasteiger partial charge in [0.1, 0.15) is 18.5 Å². The molecule has 5 aliphatic rings. The largest absolute Gasteiger partial charge is 0.481 e. The van der Waals surface area contributed by atoms with Crippen molar-refractivity contribution in [3.8, 4) is 0 Å². The van der Waals surface area contributed by atoms with E-state index in [0.717, 1.165) is 37.7 Å². The number of amides is 2. The number of carbonyl (C=O) groups excluding carboxylic acids is 2. The molecule has 0 spiro atoms. The lowest BCUT2D eigenvalue weighted by molar-refractivity contribution is -0.199. The van der Waals surface area contributed by atoms with Crippen molar-refractivity contribution in [1.82, 2.24) is 15.6 Å². The number of hydrogen-bond acceptors (Lipinski definition) is 6. The summed E-state index contributed by atoms with van der Waals surface area (Å²) in [5.41, 5.74) is 2.17. The van der Waals surface area contributed by atoms with E-state index in [4.69, 9.17) is 9.31 Å². The standard InChI is InChI=1S/C38H46BFN4O4/c1-37(2)27-21-31(37)38(3)32(22-27)47-39(48-38)33(20-25-12-7-13-25)44-36(46)30(19-24-10-5-4-6-11-24)43-35(45)29-16-9-17-41-34(29)42-28-15-8-14-26(18-28)23-40/h4-6,8-11,14-18,25,27,30-33H,7,12-13,19-23H2,1-3H3,(H,41,42)(H,43,45)(H,44,46)/t27-,30-,31-,32+,33-,38-/m0/s1. The van der Waals surface area contributed by atoms with Gasteiger partial charge >= 0.3 is 7.12 Å². The zero-order valence-electron chi connectivity index (χ0n) is 28.1. The molecule has 6 atom stereocenters. The summed E-state index contributed by atoms with van der Waals surface area (Å²) in [7, 11) is -0.540. The summed E-state index contributed by atoms with van der Waals surface area (Å²) in [5.74, 6) is 0.829. The number of carbonyl (C=O) groups is 2. The van der Waals surface area contributed by atoms with Gasteiger partial charge in [0.25, 0.3) is 5.91 Å². The SMILES string of the molecule is CC1(C)[C@@H]2C[C@H]3OB([C@H](CC4CCC4)NC(=O)[C@H](Cc4ccccc4)NC(=O)c4cccnc4Nc4cccc(CF)c4)O[C@@]3(C)[C@H]1C2. The molecule has 1 saturated heterocycles. The van der Waals surface area contributed by atoms with Crippen LogP contribution in [0.3, 0.4) is 0 Å². The summed E-state index contributed by atoms with van der Waals surface area (Å²) in [6.45, 7) is 6.30. The molecule has 4 aliphatic carbocycles. The Morgan fingerprint density at radius 3 is 2.52 bits per heavy atom. The number of anilines is 2. The summed E-state index contributed by atoms with van der Waals surface area (Å²) >= 11 is 0. The minimum atomic E-state index is -0.863. The van der Waals surface area contributed by atoms with Gasteiger partial charge in [-0.25, -0.2) is 9.37 Å². The number of nitrogens with one attached hydrogen (secondary N) is 3. The number of benzene rings is 2. The van der Waals surface area contributed by atoms with Crippen LogP contribution in [0.2, 0.25) is 0 Å². The Kier molecular flexibility index (Phi) is 9.07. The molecule has 252 valence electrons. The van der Waals surface area contributed by atoms with Gasteiger partial charge in [0.2, 0.25) is 5.91 Å². The maximum atomic E-state index is 14.3. The minimum Gasteiger partial charge on any atom is -0.404 e. The fourth-order valence-electron chi connectivity index (χ4n) is 8.53. The predicted molar refractivity (Wildman–Crippen MR) is 184 cm³/mol. The topological polar surface area (TPSA) is 102 Å². The molecule has 8 nitrogen and oxygen atoms in total. The molecule has 2 amide bonds. The third-order valence-corrected chi connectivity index (χ3v) is 11.7. The van der Waals surface area contributed by atoms with Crippen LogP contribution in [0.5, 0.6) is 0 Å². The van der Waals surface area contributed by atoms with Crippen LogP contribution >= 0.6 is 0 Å². The number of alkyl halides is 1. The highest BCUT2D eigenvalue weighted by Crippen LogP contribution is 2.65. The van der Waals surface area contributed by atoms with Crippen LogP contribution in [-0.2, 0) is 27.2 Å². The fraction of sp³-hybridized carbons (Fsp3) is 0.500. The van der Waals surface area contributed by atoms with Crippen LogP contribution in [0, 0.1) is 23.2 Å². The van der Waals surface area contributed by atoms with Gasteiger partial charge in [-0.1, -0.05) is 75.6 Å². The second-order valence-corrected chi connectivity index (χ2v) is 15.1. The van der Waals surface area contributed by atoms with E-state index >= 15 is 0 Å². The van der Waals surface area contributed by atoms with Gasteiger partial charge in [-0.2, -0.15) is 0 Å². The smallest absolute Gasteiger partial charge is 0.404 e. The van der Waals surface area contributed by atoms with E-state index in [1.807, 2.05) is 30.3 Å². The first-order valence-corrected chi connectivity index (χ1v) is 17.5. The maximum Gasteiger partial charge on any atom is 0.481 e. The Bertz CT molecular complexity index is 1640. The van der Waals surface area contributed by atoms with Crippen LogP contribution in [0.25, 0.3) is 0 Å².